The van der Waals surface area contributed by atoms with Gasteiger partial charge in [0.1, 0.15) is 0 Å². The molecule has 2 aromatic rings. The highest BCUT2D eigenvalue weighted by Gasteiger charge is 2.14. The van der Waals surface area contributed by atoms with Crippen molar-refractivity contribution >= 4 is 40.2 Å². The van der Waals surface area contributed by atoms with Crippen molar-refractivity contribution in [3.05, 3.63) is 52.3 Å². The van der Waals surface area contributed by atoms with E-state index in [1.807, 2.05) is 0 Å². The number of unbranched alkanes of at least 4 members (excludes halogenated alkanes) is 4. The highest BCUT2D eigenvalue weighted by Crippen LogP contribution is 2.45. The quantitative estimate of drug-likeness (QED) is 0.213. The molecule has 1 aliphatic heterocycles. The Morgan fingerprint density at radius 1 is 0.923 bits per heavy atom. The van der Waals surface area contributed by atoms with E-state index in [1.54, 1.807) is 0 Å². The Balaban J connectivity index is 1.90. The van der Waals surface area contributed by atoms with E-state index < -0.39 is 0 Å². The molecule has 0 bridgehead atoms. The van der Waals surface area contributed by atoms with Crippen LogP contribution >= 0.6 is 28.9 Å². The zero-order chi connectivity index (χ0) is 18.4. The normalized spacial score (nSPS) is 15.1. The molecule has 4 heteroatoms. The minimum Gasteiger partial charge on any atom is -0.372 e. The zero-order valence-electron chi connectivity index (χ0n) is 15.9. The molecular formula is C22H29IN2S. The van der Waals surface area contributed by atoms with Gasteiger partial charge in [-0.2, -0.15) is 0 Å². The van der Waals surface area contributed by atoms with Gasteiger partial charge in [0, 0.05) is 28.2 Å². The predicted octanol–water partition coefficient (Wildman–Crippen LogP) is 7.07. The lowest BCUT2D eigenvalue weighted by Crippen LogP contribution is -2.25. The molecule has 0 spiro atoms. The van der Waals surface area contributed by atoms with Crippen molar-refractivity contribution in [3.63, 3.8) is 0 Å². The fourth-order valence-corrected chi connectivity index (χ4v) is 6.79. The van der Waals surface area contributed by atoms with Crippen LogP contribution in [0.15, 0.2) is 52.4 Å². The van der Waals surface area contributed by atoms with Crippen molar-refractivity contribution < 1.29 is 0 Å². The average molecular weight is 480 g/mol. The summed E-state index contributed by atoms with van der Waals surface area (Å²) in [4.78, 5) is 8.88. The number of hydrogen-bond acceptors (Lipinski definition) is 2. The summed E-state index contributed by atoms with van der Waals surface area (Å²) in [6, 6.07) is 15.5. The minimum absolute atomic E-state index is 0.0680. The predicted molar refractivity (Wildman–Crippen MR) is 124 cm³/mol. The van der Waals surface area contributed by atoms with Crippen LogP contribution in [0, 0.1) is 4.51 Å². The van der Waals surface area contributed by atoms with Crippen LogP contribution in [0.5, 0.6) is 0 Å². The van der Waals surface area contributed by atoms with Crippen LogP contribution in [0.3, 0.4) is 0 Å². The SMILES string of the molecule is CCCCCN(CCCCC)c1ccc2c(c1)S(I)=c1ccccc1=N2. The van der Waals surface area contributed by atoms with Crippen molar-refractivity contribution in [3.8, 4) is 0 Å². The van der Waals surface area contributed by atoms with Gasteiger partial charge in [-0.15, -0.1) is 0 Å². The molecular weight excluding hydrogens is 451 g/mol. The second-order valence-electron chi connectivity index (χ2n) is 6.89. The largest absolute Gasteiger partial charge is 0.372 e. The first-order chi connectivity index (χ1) is 12.7. The van der Waals surface area contributed by atoms with Gasteiger partial charge in [-0.05, 0) is 64.4 Å². The Hall–Kier alpha value is -0.880. The Morgan fingerprint density at radius 3 is 2.31 bits per heavy atom. The van der Waals surface area contributed by atoms with Gasteiger partial charge >= 0.3 is 0 Å². The van der Waals surface area contributed by atoms with Crippen LogP contribution in [0.4, 0.5) is 11.4 Å². The summed E-state index contributed by atoms with van der Waals surface area (Å²) in [6.07, 6.45) is 7.74. The molecule has 1 atom stereocenters. The van der Waals surface area contributed by atoms with Crippen molar-refractivity contribution in [2.45, 2.75) is 57.3 Å². The Bertz CT molecular complexity index is 853. The summed E-state index contributed by atoms with van der Waals surface area (Å²) in [6.45, 7) is 6.89. The lowest BCUT2D eigenvalue weighted by atomic mass is 10.2. The summed E-state index contributed by atoms with van der Waals surface area (Å²) in [5, 5.41) is 1.13. The number of para-hydroxylation sites is 1. The monoisotopic (exact) mass is 480 g/mol. The number of halogens is 1. The van der Waals surface area contributed by atoms with Crippen molar-refractivity contribution in [2.75, 3.05) is 18.0 Å². The molecule has 0 fully saturated rings. The third-order valence-electron chi connectivity index (χ3n) is 4.86. The van der Waals surface area contributed by atoms with Gasteiger partial charge in [0.05, 0.1) is 11.0 Å². The number of hydrogen-bond donors (Lipinski definition) is 0. The number of rotatable bonds is 9. The van der Waals surface area contributed by atoms with E-state index >= 15 is 0 Å². The Labute approximate surface area is 172 Å². The lowest BCUT2D eigenvalue weighted by molar-refractivity contribution is 0.636. The molecule has 3 rings (SSSR count). The first-order valence-electron chi connectivity index (χ1n) is 9.85. The molecule has 0 aromatic heterocycles. The van der Waals surface area contributed by atoms with Gasteiger partial charge in [-0.1, -0.05) is 59.3 Å². The van der Waals surface area contributed by atoms with Gasteiger partial charge in [-0.25, -0.2) is 4.99 Å². The molecule has 0 saturated carbocycles. The van der Waals surface area contributed by atoms with Crippen LogP contribution in [-0.4, -0.2) is 13.1 Å². The molecule has 1 heterocycles. The molecule has 0 N–H and O–H groups in total. The van der Waals surface area contributed by atoms with Crippen LogP contribution in [0.25, 0.3) is 0 Å². The molecule has 1 aliphatic rings. The first-order valence-corrected chi connectivity index (χ1v) is 13.6. The second-order valence-corrected chi connectivity index (χ2v) is 10.9. The van der Waals surface area contributed by atoms with E-state index in [9.17, 15) is 0 Å². The van der Waals surface area contributed by atoms with E-state index in [4.69, 9.17) is 4.99 Å². The fourth-order valence-electron chi connectivity index (χ4n) is 3.36. The van der Waals surface area contributed by atoms with E-state index in [2.05, 4.69) is 82.4 Å². The van der Waals surface area contributed by atoms with E-state index in [0.29, 0.717) is 0 Å². The van der Waals surface area contributed by atoms with Gasteiger partial charge in [0.2, 0.25) is 0 Å². The van der Waals surface area contributed by atoms with E-state index in [1.165, 1.54) is 66.7 Å². The third kappa shape index (κ3) is 4.69. The maximum atomic E-state index is 4.89. The summed E-state index contributed by atoms with van der Waals surface area (Å²) in [5.74, 6) is 0. The Morgan fingerprint density at radius 2 is 1.62 bits per heavy atom. The molecule has 2 nitrogen and oxygen atoms in total. The van der Waals surface area contributed by atoms with Gasteiger partial charge in [0.15, 0.2) is 0 Å². The zero-order valence-corrected chi connectivity index (χ0v) is 18.9. The Kier molecular flexibility index (Phi) is 7.55. The maximum absolute atomic E-state index is 4.89. The average Bonchev–Trinajstić information content (AvgIpc) is 2.67. The molecule has 0 aliphatic carbocycles. The molecule has 2 aromatic carbocycles. The summed E-state index contributed by atoms with van der Waals surface area (Å²) in [7, 11) is 0.0680. The molecule has 1 unspecified atom stereocenters. The number of benzene rings is 2. The molecule has 26 heavy (non-hydrogen) atoms. The van der Waals surface area contributed by atoms with E-state index in [-0.39, 0.29) is 7.66 Å². The third-order valence-corrected chi connectivity index (χ3v) is 9.16. The van der Waals surface area contributed by atoms with E-state index in [0.717, 1.165) is 11.0 Å². The molecule has 140 valence electrons. The van der Waals surface area contributed by atoms with Crippen LogP contribution in [-0.2, 0) is 0 Å². The highest BCUT2D eigenvalue weighted by molar-refractivity contribution is 14.2. The minimum atomic E-state index is 0.0680. The lowest BCUT2D eigenvalue weighted by Gasteiger charge is -2.26. The molecule has 0 amide bonds. The van der Waals surface area contributed by atoms with Crippen LogP contribution < -0.4 is 10.3 Å². The molecule has 0 saturated heterocycles. The summed E-state index contributed by atoms with van der Waals surface area (Å²) in [5.41, 5.74) is 2.52. The van der Waals surface area contributed by atoms with Crippen LogP contribution in [0.1, 0.15) is 52.4 Å². The standard InChI is InChI=1S/C22H29IN2S/c1-3-5-9-15-25(16-10-6-4-2)18-13-14-20-22(17-18)26(23)21-12-8-7-11-19(21)24-20/h7-8,11-14,17H,3-6,9-10,15-16H2,1-2H3. The maximum Gasteiger partial charge on any atom is 0.0777 e. The van der Waals surface area contributed by atoms with Crippen molar-refractivity contribution in [1.82, 2.24) is 0 Å². The molecule has 0 radical (unpaired) electrons. The number of fused-ring (bicyclic) bond motifs is 2. The fraction of sp³-hybridized carbons (Fsp3) is 0.455. The van der Waals surface area contributed by atoms with Gasteiger partial charge in [0.25, 0.3) is 0 Å². The van der Waals surface area contributed by atoms with Crippen LogP contribution in [0.2, 0.25) is 0 Å². The topological polar surface area (TPSA) is 15.6 Å². The highest BCUT2D eigenvalue weighted by atomic mass is 127. The smallest absolute Gasteiger partial charge is 0.0777 e. The first kappa shape index (κ1) is 19.9. The van der Waals surface area contributed by atoms with Gasteiger partial charge < -0.3 is 4.90 Å². The number of anilines is 1. The van der Waals surface area contributed by atoms with Crippen molar-refractivity contribution in [2.24, 2.45) is 4.99 Å². The van der Waals surface area contributed by atoms with Crippen molar-refractivity contribution in [1.29, 1.82) is 0 Å². The summed E-state index contributed by atoms with van der Waals surface area (Å²) < 4.78 is 1.36. The van der Waals surface area contributed by atoms with Gasteiger partial charge in [-0.3, -0.25) is 0 Å². The summed E-state index contributed by atoms with van der Waals surface area (Å²) >= 11 is 2.60. The number of nitrogens with zero attached hydrogens (tertiary/aromatic N) is 2. The second kappa shape index (κ2) is 9.88.